The minimum atomic E-state index is -2.86. The van der Waals surface area contributed by atoms with Crippen LogP contribution in [0.25, 0.3) is 43.1 Å². The molecule has 57 heavy (non-hydrogen) atoms. The molecule has 0 amide bonds. The summed E-state index contributed by atoms with van der Waals surface area (Å²) < 4.78 is 3.77. The molecular formula is C53H41IOP2. The SMILES string of the molecule is IP(CCCOc1ccc(P(c2ccccc2)c2ccc3cccc4c5cccc6cccc(c2c34)c65)cc1)(c1ccccc1)(c1ccccc1)c1ccccc1. The summed E-state index contributed by atoms with van der Waals surface area (Å²) in [6, 6.07) is 78.7. The molecule has 0 aliphatic rings. The Kier molecular flexibility index (Phi) is 9.54. The van der Waals surface area contributed by atoms with Crippen molar-refractivity contribution < 1.29 is 4.74 Å². The zero-order chi connectivity index (χ0) is 38.3. The van der Waals surface area contributed by atoms with Gasteiger partial charge in [0.1, 0.15) is 0 Å². The van der Waals surface area contributed by atoms with Gasteiger partial charge in [-0.3, -0.25) is 0 Å². The van der Waals surface area contributed by atoms with Crippen LogP contribution < -0.4 is 36.6 Å². The average molecular weight is 883 g/mol. The molecule has 1 nitrogen and oxygen atoms in total. The molecule has 1 unspecified atom stereocenters. The third kappa shape index (κ3) is 6.13. The zero-order valence-electron chi connectivity index (χ0n) is 31.5. The predicted molar refractivity (Wildman–Crippen MR) is 261 cm³/mol. The van der Waals surface area contributed by atoms with Crippen LogP contribution in [-0.4, -0.2) is 12.8 Å². The van der Waals surface area contributed by atoms with Crippen LogP contribution in [0.4, 0.5) is 0 Å². The fourth-order valence-electron chi connectivity index (χ4n) is 9.12. The first kappa shape index (κ1) is 36.2. The molecule has 0 saturated carbocycles. The Morgan fingerprint density at radius 1 is 0.404 bits per heavy atom. The van der Waals surface area contributed by atoms with Crippen LogP contribution in [0.1, 0.15) is 6.42 Å². The molecule has 0 aromatic heterocycles. The fourth-order valence-corrected chi connectivity index (χ4v) is 20.3. The van der Waals surface area contributed by atoms with Gasteiger partial charge in [-0.05, 0) is 26.9 Å². The molecule has 0 bridgehead atoms. The normalized spacial score (nSPS) is 13.2. The van der Waals surface area contributed by atoms with E-state index in [2.05, 4.69) is 234 Å². The number of hydrogen-bond donors (Lipinski definition) is 0. The molecule has 4 heteroatoms. The monoisotopic (exact) mass is 882 g/mol. The number of fused-ring (bicyclic) bond motifs is 2. The first-order chi connectivity index (χ1) is 28.1. The van der Waals surface area contributed by atoms with Crippen LogP contribution in [0, 0.1) is 0 Å². The first-order valence-corrected chi connectivity index (χ1v) is 26.2. The molecule has 0 aliphatic carbocycles. The quantitative estimate of drug-likeness (QED) is 0.0413. The summed E-state index contributed by atoms with van der Waals surface area (Å²) >= 11 is 2.88. The second-order valence-electron chi connectivity index (χ2n) is 14.9. The van der Waals surface area contributed by atoms with Gasteiger partial charge < -0.3 is 0 Å². The Morgan fingerprint density at radius 3 is 1.44 bits per heavy atom. The summed E-state index contributed by atoms with van der Waals surface area (Å²) in [6.07, 6.45) is 1.93. The van der Waals surface area contributed by atoms with Gasteiger partial charge in [0.05, 0.1) is 0 Å². The molecule has 0 N–H and O–H groups in total. The van der Waals surface area contributed by atoms with Crippen molar-refractivity contribution in [2.45, 2.75) is 6.42 Å². The molecular weight excluding hydrogens is 841 g/mol. The van der Waals surface area contributed by atoms with Crippen molar-refractivity contribution in [1.29, 1.82) is 0 Å². The van der Waals surface area contributed by atoms with Gasteiger partial charge in [0, 0.05) is 0 Å². The summed E-state index contributed by atoms with van der Waals surface area (Å²) in [7, 11) is -0.876. The number of ether oxygens (including phenoxy) is 1. The third-order valence-corrected chi connectivity index (χ3v) is 25.9. The van der Waals surface area contributed by atoms with Crippen molar-refractivity contribution in [3.05, 3.63) is 212 Å². The van der Waals surface area contributed by atoms with Crippen molar-refractivity contribution >= 4 is 109 Å². The van der Waals surface area contributed by atoms with Crippen molar-refractivity contribution in [3.8, 4) is 5.75 Å². The van der Waals surface area contributed by atoms with Gasteiger partial charge in [0.2, 0.25) is 0 Å². The summed E-state index contributed by atoms with van der Waals surface area (Å²) in [5, 5.41) is 18.9. The third-order valence-electron chi connectivity index (χ3n) is 11.7. The van der Waals surface area contributed by atoms with Crippen LogP contribution in [0.3, 0.4) is 0 Å². The second-order valence-corrected chi connectivity index (χ2v) is 27.8. The molecule has 10 aromatic rings. The Morgan fingerprint density at radius 2 is 0.877 bits per heavy atom. The average Bonchev–Trinajstić information content (AvgIpc) is 3.29. The number of hydrogen-bond acceptors (Lipinski definition) is 1. The molecule has 10 rings (SSSR count). The standard InChI is InChI=1S/C53H41IOP2/c54-57(44-22-7-2-8-23-44,45-24-9-3-10-25-45,46-26-11-4-12-27-46)38-16-37-55-41-32-34-43(35-33-41)56(42-20-5-1-6-21-42)50-36-31-40-19-14-29-48-47-28-13-17-39-18-15-30-49(51(39)47)53(50)52(40)48/h1-15,17-36H,16,37-38H2. The number of benzene rings is 10. The Bertz CT molecular complexity index is 2870. The topological polar surface area (TPSA) is 9.23 Å². The van der Waals surface area contributed by atoms with Gasteiger partial charge in [0.25, 0.3) is 0 Å². The summed E-state index contributed by atoms with van der Waals surface area (Å²) in [4.78, 5) is 0. The molecule has 0 spiro atoms. The van der Waals surface area contributed by atoms with Gasteiger partial charge in [-0.25, -0.2) is 0 Å². The van der Waals surface area contributed by atoms with E-state index in [1.54, 1.807) is 0 Å². The van der Waals surface area contributed by atoms with E-state index in [9.17, 15) is 0 Å². The molecule has 0 heterocycles. The summed E-state index contributed by atoms with van der Waals surface area (Å²) in [5.41, 5.74) is 0. The van der Waals surface area contributed by atoms with Gasteiger partial charge in [-0.2, -0.15) is 0 Å². The molecule has 0 radical (unpaired) electrons. The summed E-state index contributed by atoms with van der Waals surface area (Å²) in [6.45, 7) is 0.640. The van der Waals surface area contributed by atoms with Gasteiger partial charge in [0.15, 0.2) is 0 Å². The number of halogens is 1. The van der Waals surface area contributed by atoms with Crippen LogP contribution in [0.15, 0.2) is 212 Å². The van der Waals surface area contributed by atoms with E-state index in [1.807, 2.05) is 0 Å². The minimum absolute atomic E-state index is 0.640. The number of rotatable bonds is 11. The molecule has 0 fully saturated rings. The van der Waals surface area contributed by atoms with E-state index in [1.165, 1.54) is 74.9 Å². The molecule has 10 aromatic carbocycles. The Labute approximate surface area is 348 Å². The van der Waals surface area contributed by atoms with E-state index in [4.69, 9.17) is 4.74 Å². The van der Waals surface area contributed by atoms with E-state index in [0.29, 0.717) is 6.61 Å². The molecule has 0 saturated heterocycles. The van der Waals surface area contributed by atoms with Gasteiger partial charge in [-0.1, -0.05) is 60.7 Å². The van der Waals surface area contributed by atoms with E-state index in [-0.39, 0.29) is 0 Å². The van der Waals surface area contributed by atoms with Crippen molar-refractivity contribution in [2.24, 2.45) is 0 Å². The van der Waals surface area contributed by atoms with E-state index >= 15 is 0 Å². The zero-order valence-corrected chi connectivity index (χ0v) is 35.5. The Balaban J connectivity index is 1.01. The summed E-state index contributed by atoms with van der Waals surface area (Å²) in [5.74, 6) is 0.913. The fraction of sp³-hybridized carbons (Fsp3) is 0.0566. The van der Waals surface area contributed by atoms with Gasteiger partial charge in [-0.15, -0.1) is 0 Å². The second kappa shape index (κ2) is 15.0. The van der Waals surface area contributed by atoms with Crippen LogP contribution >= 0.6 is 34.2 Å². The maximum absolute atomic E-state index is 6.63. The van der Waals surface area contributed by atoms with E-state index < -0.39 is 12.2 Å². The molecule has 0 aliphatic heterocycles. The van der Waals surface area contributed by atoms with E-state index in [0.717, 1.165) is 18.3 Å². The van der Waals surface area contributed by atoms with Gasteiger partial charge >= 0.3 is 264 Å². The van der Waals surface area contributed by atoms with Crippen LogP contribution in [-0.2, 0) is 0 Å². The predicted octanol–water partition coefficient (Wildman–Crippen LogP) is 12.1. The van der Waals surface area contributed by atoms with Crippen molar-refractivity contribution in [3.63, 3.8) is 0 Å². The van der Waals surface area contributed by atoms with Crippen molar-refractivity contribution in [2.75, 3.05) is 12.8 Å². The van der Waals surface area contributed by atoms with Crippen LogP contribution in [0.2, 0.25) is 0 Å². The maximum atomic E-state index is 6.63. The first-order valence-electron chi connectivity index (χ1n) is 19.7. The molecule has 1 atom stereocenters. The Hall–Kier alpha value is -5.11. The van der Waals surface area contributed by atoms with Crippen molar-refractivity contribution in [1.82, 2.24) is 0 Å². The van der Waals surface area contributed by atoms with Crippen LogP contribution in [0.5, 0.6) is 5.75 Å². The molecule has 276 valence electrons.